The lowest BCUT2D eigenvalue weighted by Crippen LogP contribution is -2.40. The standard InChI is InChI=1S/C10H17N3O.C10H10N2.C7H7NO.C4H10.C2H2O2/c1-8-4-9(5-11)13(6-8)10(14)7-12(2)3;1-11-10-7-6-8-4-2-3-5-9(8)12-10;9-6-8-7-4-2-1-3-5-7;1-4(2)3;3-1-2-4/h8-9H,4,6-7H2,1-3H3;2-7H,1H3,(H,11,12);1-6H,(H,8,9);4H,1-3H3;1-2H. The van der Waals surface area contributed by atoms with Crippen LogP contribution in [0.5, 0.6) is 0 Å². The van der Waals surface area contributed by atoms with Crippen LogP contribution in [0, 0.1) is 23.2 Å². The number of nitriles is 1. The van der Waals surface area contributed by atoms with E-state index in [1.807, 2.05) is 80.6 Å². The second-order valence-corrected chi connectivity index (χ2v) is 10.5. The zero-order valence-corrected chi connectivity index (χ0v) is 26.4. The number of carbonyl (C=O) groups excluding carboxylic acids is 4. The molecule has 2 heterocycles. The van der Waals surface area contributed by atoms with Crippen molar-refractivity contribution in [2.75, 3.05) is 44.9 Å². The molecule has 1 aromatic heterocycles. The highest BCUT2D eigenvalue weighted by molar-refractivity contribution is 6.09. The van der Waals surface area contributed by atoms with Gasteiger partial charge in [0.1, 0.15) is 11.9 Å². The van der Waals surface area contributed by atoms with Gasteiger partial charge in [-0.2, -0.15) is 5.26 Å². The Labute approximate surface area is 256 Å². The molecule has 2 atom stereocenters. The maximum Gasteiger partial charge on any atom is 0.237 e. The Hall–Kier alpha value is -4.62. The van der Waals surface area contributed by atoms with Crippen LogP contribution in [0.1, 0.15) is 34.1 Å². The second-order valence-electron chi connectivity index (χ2n) is 10.5. The second kappa shape index (κ2) is 23.0. The molecule has 0 saturated carbocycles. The fraction of sp³-hybridized carbons (Fsp3) is 0.394. The Morgan fingerprint density at radius 2 is 1.60 bits per heavy atom. The molecule has 4 rings (SSSR count). The van der Waals surface area contributed by atoms with Gasteiger partial charge < -0.3 is 20.4 Å². The molecular weight excluding hydrogens is 544 g/mol. The first kappa shape index (κ1) is 38.4. The van der Waals surface area contributed by atoms with Gasteiger partial charge >= 0.3 is 0 Å². The van der Waals surface area contributed by atoms with E-state index in [0.29, 0.717) is 18.9 Å². The van der Waals surface area contributed by atoms with Crippen LogP contribution >= 0.6 is 0 Å². The monoisotopic (exact) mass is 590 g/mol. The third kappa shape index (κ3) is 17.7. The van der Waals surface area contributed by atoms with E-state index < -0.39 is 0 Å². The number of aldehydes is 2. The number of likely N-dealkylation sites (tertiary alicyclic amines) is 1. The number of hydrogen-bond acceptors (Lipinski definition) is 8. The van der Waals surface area contributed by atoms with E-state index in [-0.39, 0.29) is 24.5 Å². The fourth-order valence-electron chi connectivity index (χ4n) is 3.61. The summed E-state index contributed by atoms with van der Waals surface area (Å²) in [5.41, 5.74) is 1.86. The quantitative estimate of drug-likeness (QED) is 0.306. The van der Waals surface area contributed by atoms with Crippen molar-refractivity contribution in [2.24, 2.45) is 11.8 Å². The molecule has 0 bridgehead atoms. The van der Waals surface area contributed by atoms with Gasteiger partial charge in [-0.05, 0) is 62.7 Å². The van der Waals surface area contributed by atoms with Gasteiger partial charge in [-0.15, -0.1) is 0 Å². The molecule has 0 radical (unpaired) electrons. The first-order valence-electron chi connectivity index (χ1n) is 14.0. The molecule has 1 aliphatic heterocycles. The minimum Gasteiger partial charge on any atom is -0.373 e. The van der Waals surface area contributed by atoms with Crippen LogP contribution < -0.4 is 10.6 Å². The van der Waals surface area contributed by atoms with Crippen LogP contribution in [-0.4, -0.2) is 79.9 Å². The number of nitrogens with one attached hydrogen (secondary N) is 2. The molecule has 2 unspecified atom stereocenters. The highest BCUT2D eigenvalue weighted by Crippen LogP contribution is 2.22. The lowest BCUT2D eigenvalue weighted by molar-refractivity contribution is -0.131. The molecule has 2 N–H and O–H groups in total. The Bertz CT molecular complexity index is 1250. The molecule has 43 heavy (non-hydrogen) atoms. The third-order valence-corrected chi connectivity index (χ3v) is 5.34. The van der Waals surface area contributed by atoms with E-state index in [1.165, 1.54) is 5.39 Å². The van der Waals surface area contributed by atoms with E-state index in [4.69, 9.17) is 14.9 Å². The Balaban J connectivity index is 0.000000555. The number of aromatic nitrogens is 1. The number of benzene rings is 2. The van der Waals surface area contributed by atoms with Crippen molar-refractivity contribution in [3.63, 3.8) is 0 Å². The van der Waals surface area contributed by atoms with Gasteiger partial charge in [0.15, 0.2) is 12.6 Å². The van der Waals surface area contributed by atoms with Crippen molar-refractivity contribution in [1.82, 2.24) is 14.8 Å². The molecule has 10 nitrogen and oxygen atoms in total. The summed E-state index contributed by atoms with van der Waals surface area (Å²) in [6, 6.07) is 23.4. The average molecular weight is 591 g/mol. The van der Waals surface area contributed by atoms with Gasteiger partial charge in [-0.3, -0.25) is 19.2 Å². The summed E-state index contributed by atoms with van der Waals surface area (Å²) in [6.45, 7) is 9.70. The summed E-state index contributed by atoms with van der Waals surface area (Å²) in [4.78, 5) is 47.1. The number of amides is 2. The molecule has 10 heteroatoms. The summed E-state index contributed by atoms with van der Waals surface area (Å²) < 4.78 is 0. The molecule has 1 aliphatic rings. The van der Waals surface area contributed by atoms with E-state index in [1.54, 1.807) is 4.90 Å². The number of rotatable bonds is 6. The van der Waals surface area contributed by atoms with E-state index in [0.717, 1.165) is 35.9 Å². The third-order valence-electron chi connectivity index (χ3n) is 5.34. The van der Waals surface area contributed by atoms with Crippen molar-refractivity contribution in [1.29, 1.82) is 5.26 Å². The lowest BCUT2D eigenvalue weighted by atomic mass is 10.1. The van der Waals surface area contributed by atoms with Gasteiger partial charge in [0, 0.05) is 24.7 Å². The largest absolute Gasteiger partial charge is 0.373 e. The maximum absolute atomic E-state index is 11.7. The van der Waals surface area contributed by atoms with Crippen LogP contribution in [-0.2, 0) is 19.2 Å². The summed E-state index contributed by atoms with van der Waals surface area (Å²) in [5, 5.41) is 15.6. The SMILES string of the molecule is CC(C)C.CC1CC(C#N)N(C(=O)CN(C)C)C1.CNc1ccc2ccccc2n1.O=CC=O.O=CNc1ccccc1. The molecule has 232 valence electrons. The lowest BCUT2D eigenvalue weighted by Gasteiger charge is -2.21. The average Bonchev–Trinajstić information content (AvgIpc) is 3.38. The molecule has 3 aromatic rings. The van der Waals surface area contributed by atoms with Crippen LogP contribution in [0.3, 0.4) is 0 Å². The topological polar surface area (TPSA) is 136 Å². The van der Waals surface area contributed by atoms with Crippen molar-refractivity contribution in [3.05, 3.63) is 66.7 Å². The minimum absolute atomic E-state index is 0.0610. The van der Waals surface area contributed by atoms with Gasteiger partial charge in [-0.1, -0.05) is 64.1 Å². The number of hydrogen-bond donors (Lipinski definition) is 2. The first-order valence-corrected chi connectivity index (χ1v) is 14.0. The van der Waals surface area contributed by atoms with Gasteiger partial charge in [0.05, 0.1) is 18.1 Å². The van der Waals surface area contributed by atoms with E-state index >= 15 is 0 Å². The van der Waals surface area contributed by atoms with Gasteiger partial charge in [-0.25, -0.2) is 4.98 Å². The number of para-hydroxylation sites is 2. The number of carbonyl (C=O) groups is 4. The molecule has 0 spiro atoms. The predicted molar refractivity (Wildman–Crippen MR) is 174 cm³/mol. The summed E-state index contributed by atoms with van der Waals surface area (Å²) in [5.74, 6) is 2.25. The van der Waals surface area contributed by atoms with Crippen LogP contribution in [0.15, 0.2) is 66.7 Å². The summed E-state index contributed by atoms with van der Waals surface area (Å²) >= 11 is 0. The van der Waals surface area contributed by atoms with Crippen molar-refractivity contribution in [2.45, 2.75) is 40.2 Å². The van der Waals surface area contributed by atoms with Gasteiger partial charge in [0.25, 0.3) is 0 Å². The normalized spacial score (nSPS) is 14.6. The van der Waals surface area contributed by atoms with Crippen LogP contribution in [0.2, 0.25) is 0 Å². The Morgan fingerprint density at radius 1 is 1.02 bits per heavy atom. The molecule has 1 fully saturated rings. The first-order chi connectivity index (χ1) is 20.5. The Morgan fingerprint density at radius 3 is 2.12 bits per heavy atom. The zero-order chi connectivity index (χ0) is 32.6. The fourth-order valence-corrected chi connectivity index (χ4v) is 3.61. The zero-order valence-electron chi connectivity index (χ0n) is 26.4. The molecule has 2 aromatic carbocycles. The summed E-state index contributed by atoms with van der Waals surface area (Å²) in [7, 11) is 5.59. The van der Waals surface area contributed by atoms with Crippen molar-refractivity contribution >= 4 is 47.3 Å². The van der Waals surface area contributed by atoms with Crippen molar-refractivity contribution < 1.29 is 19.2 Å². The number of fused-ring (bicyclic) bond motifs is 1. The van der Waals surface area contributed by atoms with Crippen LogP contribution in [0.4, 0.5) is 11.5 Å². The maximum atomic E-state index is 11.7. The molecule has 1 saturated heterocycles. The van der Waals surface area contributed by atoms with Crippen LogP contribution in [0.25, 0.3) is 10.9 Å². The molecule has 0 aliphatic carbocycles. The molecular formula is C33H46N6O4. The highest BCUT2D eigenvalue weighted by Gasteiger charge is 2.32. The Kier molecular flexibility index (Phi) is 20.5. The number of pyridine rings is 1. The highest BCUT2D eigenvalue weighted by atomic mass is 16.2. The van der Waals surface area contributed by atoms with Gasteiger partial charge in [0.2, 0.25) is 12.3 Å². The predicted octanol–water partition coefficient (Wildman–Crippen LogP) is 4.89. The smallest absolute Gasteiger partial charge is 0.237 e. The van der Waals surface area contributed by atoms with E-state index in [2.05, 4.69) is 61.5 Å². The van der Waals surface area contributed by atoms with Crippen molar-refractivity contribution in [3.8, 4) is 6.07 Å². The molecule has 2 amide bonds. The summed E-state index contributed by atoms with van der Waals surface area (Å²) in [6.07, 6.45) is 1.87. The number of nitrogens with zero attached hydrogens (tertiary/aromatic N) is 4. The van der Waals surface area contributed by atoms with E-state index in [9.17, 15) is 9.59 Å². The number of anilines is 2. The number of likely N-dealkylation sites (N-methyl/N-ethyl adjacent to an activating group) is 1. The minimum atomic E-state index is -0.211.